The van der Waals surface area contributed by atoms with E-state index in [4.69, 9.17) is 4.74 Å². The van der Waals surface area contributed by atoms with E-state index < -0.39 is 0 Å². The summed E-state index contributed by atoms with van der Waals surface area (Å²) >= 11 is 0. The van der Waals surface area contributed by atoms with Crippen molar-refractivity contribution in [1.82, 2.24) is 4.90 Å². The summed E-state index contributed by atoms with van der Waals surface area (Å²) in [5.41, 5.74) is 1.97. The molecule has 1 aromatic carbocycles. The van der Waals surface area contributed by atoms with Crippen molar-refractivity contribution in [3.63, 3.8) is 0 Å². The van der Waals surface area contributed by atoms with Gasteiger partial charge in [0.05, 0.1) is 18.7 Å². The summed E-state index contributed by atoms with van der Waals surface area (Å²) in [5, 5.41) is 0. The third kappa shape index (κ3) is 3.47. The molecule has 0 bridgehead atoms. The number of hydrogen-bond acceptors (Lipinski definition) is 4. The Balaban J connectivity index is 1.56. The normalized spacial score (nSPS) is 26.3. The summed E-state index contributed by atoms with van der Waals surface area (Å²) in [5.74, 6) is 0.542. The molecule has 2 fully saturated rings. The lowest BCUT2D eigenvalue weighted by atomic mass is 9.80. The first-order chi connectivity index (χ1) is 13.2. The van der Waals surface area contributed by atoms with Crippen LogP contribution in [0.5, 0.6) is 5.75 Å². The first-order valence-electron chi connectivity index (χ1n) is 10.1. The van der Waals surface area contributed by atoms with Gasteiger partial charge in [-0.3, -0.25) is 14.5 Å². The van der Waals surface area contributed by atoms with Crippen molar-refractivity contribution in [3.05, 3.63) is 36.0 Å². The minimum atomic E-state index is -0.229. The highest BCUT2D eigenvalue weighted by atomic mass is 16.5. The molecule has 2 aliphatic heterocycles. The van der Waals surface area contributed by atoms with Crippen molar-refractivity contribution in [3.8, 4) is 5.75 Å². The molecule has 5 nitrogen and oxygen atoms in total. The molecular weight excluding hydrogens is 340 g/mol. The van der Waals surface area contributed by atoms with Gasteiger partial charge in [-0.25, -0.2) is 0 Å². The van der Waals surface area contributed by atoms with Crippen LogP contribution in [0.4, 0.5) is 5.69 Å². The number of benzene rings is 1. The maximum atomic E-state index is 13.2. The lowest BCUT2D eigenvalue weighted by molar-refractivity contribution is -0.123. The number of rotatable bonds is 4. The monoisotopic (exact) mass is 368 g/mol. The van der Waals surface area contributed by atoms with E-state index in [9.17, 15) is 9.59 Å². The maximum absolute atomic E-state index is 13.2. The van der Waals surface area contributed by atoms with Gasteiger partial charge in [0.1, 0.15) is 5.75 Å². The minimum Gasteiger partial charge on any atom is -0.497 e. The van der Waals surface area contributed by atoms with Crippen LogP contribution < -0.4 is 9.64 Å². The molecule has 0 aromatic heterocycles. The average Bonchev–Trinajstić information content (AvgIpc) is 3.02. The van der Waals surface area contributed by atoms with Crippen molar-refractivity contribution in [1.29, 1.82) is 0 Å². The lowest BCUT2D eigenvalue weighted by Gasteiger charge is -2.39. The van der Waals surface area contributed by atoms with Gasteiger partial charge in [0.25, 0.3) is 0 Å². The Morgan fingerprint density at radius 2 is 1.70 bits per heavy atom. The quantitative estimate of drug-likeness (QED) is 0.760. The van der Waals surface area contributed by atoms with Crippen molar-refractivity contribution in [2.24, 2.45) is 11.8 Å². The largest absolute Gasteiger partial charge is 0.497 e. The van der Waals surface area contributed by atoms with E-state index in [0.29, 0.717) is 12.1 Å². The summed E-state index contributed by atoms with van der Waals surface area (Å²) in [6.07, 6.45) is 9.57. The van der Waals surface area contributed by atoms with Crippen LogP contribution in [0.3, 0.4) is 0 Å². The summed E-state index contributed by atoms with van der Waals surface area (Å²) in [6, 6.07) is 7.17. The van der Waals surface area contributed by atoms with Crippen LogP contribution in [-0.2, 0) is 9.59 Å². The Morgan fingerprint density at radius 3 is 2.41 bits per heavy atom. The molecule has 4 rings (SSSR count). The number of ether oxygens (including phenoxy) is 1. The molecule has 3 aliphatic rings. The van der Waals surface area contributed by atoms with Gasteiger partial charge < -0.3 is 9.64 Å². The molecule has 2 heterocycles. The molecule has 2 atom stereocenters. The second kappa shape index (κ2) is 7.75. The second-order valence-electron chi connectivity index (χ2n) is 7.79. The molecule has 0 spiro atoms. The molecule has 0 N–H and O–H groups in total. The van der Waals surface area contributed by atoms with Crippen LogP contribution >= 0.6 is 0 Å². The number of imide groups is 1. The van der Waals surface area contributed by atoms with Crippen LogP contribution in [0.25, 0.3) is 0 Å². The molecule has 2 unspecified atom stereocenters. The molecule has 144 valence electrons. The number of likely N-dealkylation sites (tertiary alicyclic amines) is 1. The van der Waals surface area contributed by atoms with Crippen LogP contribution in [0, 0.1) is 11.8 Å². The van der Waals surface area contributed by atoms with Gasteiger partial charge in [0.2, 0.25) is 11.8 Å². The predicted molar refractivity (Wildman–Crippen MR) is 104 cm³/mol. The Labute approximate surface area is 161 Å². The number of carbonyl (C=O) groups excluding carboxylic acids is 2. The van der Waals surface area contributed by atoms with E-state index in [-0.39, 0.29) is 23.7 Å². The first kappa shape index (κ1) is 18.1. The van der Waals surface area contributed by atoms with Gasteiger partial charge in [-0.15, -0.1) is 0 Å². The van der Waals surface area contributed by atoms with Crippen LogP contribution in [0.2, 0.25) is 0 Å². The Kier molecular flexibility index (Phi) is 5.19. The number of hydrogen-bond donors (Lipinski definition) is 0. The van der Waals surface area contributed by atoms with Crippen LogP contribution in [0.15, 0.2) is 36.0 Å². The predicted octanol–water partition coefficient (Wildman–Crippen LogP) is 3.74. The molecule has 2 amide bonds. The van der Waals surface area contributed by atoms with Crippen LogP contribution in [0.1, 0.15) is 44.9 Å². The van der Waals surface area contributed by atoms with Gasteiger partial charge in [0.15, 0.2) is 0 Å². The van der Waals surface area contributed by atoms with Crippen molar-refractivity contribution in [2.45, 2.75) is 44.9 Å². The molecule has 5 heteroatoms. The number of methoxy groups -OCH3 is 1. The molecular formula is C22H28N2O3. The van der Waals surface area contributed by atoms with E-state index in [1.54, 1.807) is 31.4 Å². The zero-order valence-corrected chi connectivity index (χ0v) is 16.0. The molecule has 0 radical (unpaired) electrons. The SMILES string of the molecule is COc1ccc(N2C(=O)CC(C3CCCC=C3N3CCCCC3)C2=O)cc1. The summed E-state index contributed by atoms with van der Waals surface area (Å²) in [6.45, 7) is 2.17. The van der Waals surface area contributed by atoms with E-state index in [0.717, 1.165) is 38.1 Å². The van der Waals surface area contributed by atoms with Crippen LogP contribution in [-0.4, -0.2) is 36.9 Å². The smallest absolute Gasteiger partial charge is 0.238 e. The van der Waals surface area contributed by atoms with Gasteiger partial charge in [-0.2, -0.15) is 0 Å². The number of anilines is 1. The molecule has 1 aromatic rings. The zero-order chi connectivity index (χ0) is 18.8. The summed E-state index contributed by atoms with van der Waals surface area (Å²) in [7, 11) is 1.61. The number of piperidine rings is 1. The van der Waals surface area contributed by atoms with Gasteiger partial charge in [-0.05, 0) is 62.8 Å². The van der Waals surface area contributed by atoms with Crippen molar-refractivity contribution >= 4 is 17.5 Å². The number of carbonyl (C=O) groups is 2. The first-order valence-corrected chi connectivity index (χ1v) is 10.1. The number of allylic oxidation sites excluding steroid dienone is 2. The highest BCUT2D eigenvalue weighted by molar-refractivity contribution is 6.21. The number of amides is 2. The fourth-order valence-electron chi connectivity index (χ4n) is 4.78. The van der Waals surface area contributed by atoms with Gasteiger partial charge >= 0.3 is 0 Å². The van der Waals surface area contributed by atoms with Crippen molar-refractivity contribution < 1.29 is 14.3 Å². The highest BCUT2D eigenvalue weighted by Gasteiger charge is 2.45. The summed E-state index contributed by atoms with van der Waals surface area (Å²) < 4.78 is 5.18. The fraction of sp³-hybridized carbons (Fsp3) is 0.545. The topological polar surface area (TPSA) is 49.9 Å². The number of nitrogens with zero attached hydrogens (tertiary/aromatic N) is 2. The molecule has 2 saturated heterocycles. The third-order valence-electron chi connectivity index (χ3n) is 6.17. The standard InChI is InChI=1S/C22H28N2O3/c1-27-17-11-9-16(10-12-17)24-21(25)15-19(22(24)26)18-7-3-4-8-20(18)23-13-5-2-6-14-23/h8-12,18-19H,2-7,13-15H2,1H3. The van der Waals surface area contributed by atoms with Gasteiger partial charge in [-0.1, -0.05) is 6.08 Å². The molecule has 1 aliphatic carbocycles. The maximum Gasteiger partial charge on any atom is 0.238 e. The van der Waals surface area contributed by atoms with E-state index in [1.807, 2.05) is 0 Å². The van der Waals surface area contributed by atoms with E-state index in [2.05, 4.69) is 11.0 Å². The Hall–Kier alpha value is -2.30. The summed E-state index contributed by atoms with van der Waals surface area (Å²) in [4.78, 5) is 29.8. The van der Waals surface area contributed by atoms with Gasteiger partial charge in [0, 0.05) is 31.1 Å². The van der Waals surface area contributed by atoms with E-state index >= 15 is 0 Å². The minimum absolute atomic E-state index is 0.0417. The molecule has 0 saturated carbocycles. The van der Waals surface area contributed by atoms with E-state index in [1.165, 1.54) is 29.9 Å². The van der Waals surface area contributed by atoms with Crippen molar-refractivity contribution in [2.75, 3.05) is 25.1 Å². The second-order valence-corrected chi connectivity index (χ2v) is 7.79. The third-order valence-corrected chi connectivity index (χ3v) is 6.17. The lowest BCUT2D eigenvalue weighted by Crippen LogP contribution is -2.38. The zero-order valence-electron chi connectivity index (χ0n) is 16.0. The Bertz CT molecular complexity index is 734. The fourth-order valence-corrected chi connectivity index (χ4v) is 4.78. The average molecular weight is 368 g/mol. The Morgan fingerprint density at radius 1 is 0.963 bits per heavy atom. The highest BCUT2D eigenvalue weighted by Crippen LogP contribution is 2.41. The molecule has 27 heavy (non-hydrogen) atoms.